The van der Waals surface area contributed by atoms with Crippen LogP contribution in [0.5, 0.6) is 5.75 Å². The molecule has 1 aliphatic rings. The van der Waals surface area contributed by atoms with Gasteiger partial charge in [0.1, 0.15) is 18.0 Å². The van der Waals surface area contributed by atoms with Gasteiger partial charge in [-0.05, 0) is 36.5 Å². The van der Waals surface area contributed by atoms with Crippen molar-refractivity contribution in [2.75, 3.05) is 34.5 Å². The molecule has 1 fully saturated rings. The number of aliphatic hydroxyl groups is 1. The van der Waals surface area contributed by atoms with Crippen LogP contribution < -0.4 is 4.74 Å². The van der Waals surface area contributed by atoms with E-state index in [0.717, 1.165) is 24.2 Å². The second-order valence-electron chi connectivity index (χ2n) is 6.39. The molecule has 0 unspecified atom stereocenters. The molecule has 0 spiro atoms. The van der Waals surface area contributed by atoms with Crippen molar-refractivity contribution in [3.63, 3.8) is 0 Å². The molecule has 5 heteroatoms. The molecule has 0 heterocycles. The monoisotopic (exact) mass is 338 g/mol. The maximum atomic E-state index is 10.3. The van der Waals surface area contributed by atoms with E-state index in [0.29, 0.717) is 12.5 Å². The maximum Gasteiger partial charge on any atom is 0.119 e. The van der Waals surface area contributed by atoms with Gasteiger partial charge in [-0.25, -0.2) is 0 Å². The van der Waals surface area contributed by atoms with E-state index in [2.05, 4.69) is 6.07 Å². The molecule has 24 heavy (non-hydrogen) atoms. The van der Waals surface area contributed by atoms with Crippen molar-refractivity contribution in [1.29, 1.82) is 0 Å². The van der Waals surface area contributed by atoms with Gasteiger partial charge >= 0.3 is 0 Å². The van der Waals surface area contributed by atoms with E-state index in [1.165, 1.54) is 12.8 Å². The molecule has 0 aliphatic heterocycles. The highest BCUT2D eigenvalue weighted by atomic mass is 16.5. The highest BCUT2D eigenvalue weighted by Crippen LogP contribution is 2.39. The SMILES string of the molecule is COC[C@H](O[C@H](c1cccc(OC)c1)C1CCCC1)[C@@H](O)COC. The van der Waals surface area contributed by atoms with Crippen LogP contribution in [0, 0.1) is 5.92 Å². The van der Waals surface area contributed by atoms with Gasteiger partial charge in [0.15, 0.2) is 0 Å². The van der Waals surface area contributed by atoms with Crippen LogP contribution in [-0.4, -0.2) is 51.9 Å². The lowest BCUT2D eigenvalue weighted by atomic mass is 9.93. The topological polar surface area (TPSA) is 57.2 Å². The number of rotatable bonds is 10. The predicted octanol–water partition coefficient (Wildman–Crippen LogP) is 2.97. The summed E-state index contributed by atoms with van der Waals surface area (Å²) in [6.07, 6.45) is 3.52. The number of hydrogen-bond donors (Lipinski definition) is 1. The van der Waals surface area contributed by atoms with Crippen LogP contribution in [0.3, 0.4) is 0 Å². The van der Waals surface area contributed by atoms with E-state index in [9.17, 15) is 5.11 Å². The van der Waals surface area contributed by atoms with Crippen LogP contribution in [0.1, 0.15) is 37.4 Å². The van der Waals surface area contributed by atoms with Gasteiger partial charge in [-0.3, -0.25) is 0 Å². The van der Waals surface area contributed by atoms with Crippen LogP contribution in [0.25, 0.3) is 0 Å². The first-order chi connectivity index (χ1) is 11.7. The minimum Gasteiger partial charge on any atom is -0.497 e. The summed E-state index contributed by atoms with van der Waals surface area (Å²) >= 11 is 0. The van der Waals surface area contributed by atoms with Crippen molar-refractivity contribution < 1.29 is 24.1 Å². The van der Waals surface area contributed by atoms with E-state index in [1.807, 2.05) is 18.2 Å². The lowest BCUT2D eigenvalue weighted by molar-refractivity contribution is -0.133. The molecule has 1 saturated carbocycles. The summed E-state index contributed by atoms with van der Waals surface area (Å²) in [5, 5.41) is 10.3. The van der Waals surface area contributed by atoms with Crippen molar-refractivity contribution in [3.05, 3.63) is 29.8 Å². The third kappa shape index (κ3) is 5.18. The van der Waals surface area contributed by atoms with Gasteiger partial charge in [0.2, 0.25) is 0 Å². The highest BCUT2D eigenvalue weighted by Gasteiger charge is 2.32. The number of ether oxygens (including phenoxy) is 4. The highest BCUT2D eigenvalue weighted by molar-refractivity contribution is 5.30. The standard InChI is InChI=1S/C19H30O5/c1-21-12-17(20)18(13-22-2)24-19(14-7-4-5-8-14)15-9-6-10-16(11-15)23-3/h6,9-11,14,17-20H,4-5,7-8,12-13H2,1-3H3/t17-,18-,19-/m0/s1. The normalized spacial score (nSPS) is 19.2. The summed E-state index contributed by atoms with van der Waals surface area (Å²) in [5.74, 6) is 1.27. The molecule has 1 aromatic rings. The Bertz CT molecular complexity index is 473. The second kappa shape index (κ2) is 9.99. The van der Waals surface area contributed by atoms with Gasteiger partial charge < -0.3 is 24.1 Å². The van der Waals surface area contributed by atoms with E-state index in [4.69, 9.17) is 18.9 Å². The molecule has 3 atom stereocenters. The van der Waals surface area contributed by atoms with E-state index in [1.54, 1.807) is 21.3 Å². The van der Waals surface area contributed by atoms with Crippen molar-refractivity contribution in [2.45, 2.75) is 44.0 Å². The van der Waals surface area contributed by atoms with Gasteiger partial charge in [0.25, 0.3) is 0 Å². The fourth-order valence-electron chi connectivity index (χ4n) is 3.41. The third-order valence-electron chi connectivity index (χ3n) is 4.67. The molecular formula is C19H30O5. The minimum absolute atomic E-state index is 0.0748. The van der Waals surface area contributed by atoms with Crippen LogP contribution in [0.2, 0.25) is 0 Å². The first-order valence-electron chi connectivity index (χ1n) is 8.65. The van der Waals surface area contributed by atoms with Gasteiger partial charge in [-0.1, -0.05) is 25.0 Å². The number of aliphatic hydroxyl groups excluding tert-OH is 1. The Hall–Kier alpha value is -1.14. The van der Waals surface area contributed by atoms with Crippen LogP contribution in [0.15, 0.2) is 24.3 Å². The first-order valence-corrected chi connectivity index (χ1v) is 8.65. The summed E-state index contributed by atoms with van der Waals surface area (Å²) in [6, 6.07) is 8.01. The molecule has 136 valence electrons. The Kier molecular flexibility index (Phi) is 7.99. The number of hydrogen-bond acceptors (Lipinski definition) is 5. The molecule has 0 radical (unpaired) electrons. The predicted molar refractivity (Wildman–Crippen MR) is 92.3 cm³/mol. The van der Waals surface area contributed by atoms with E-state index < -0.39 is 12.2 Å². The molecule has 0 bridgehead atoms. The molecule has 2 rings (SSSR count). The Balaban J connectivity index is 2.20. The molecule has 1 aromatic carbocycles. The van der Waals surface area contributed by atoms with Crippen molar-refractivity contribution in [1.82, 2.24) is 0 Å². The smallest absolute Gasteiger partial charge is 0.119 e. The third-order valence-corrected chi connectivity index (χ3v) is 4.67. The summed E-state index contributed by atoms with van der Waals surface area (Å²) in [4.78, 5) is 0. The zero-order valence-corrected chi connectivity index (χ0v) is 14.9. The van der Waals surface area contributed by atoms with Gasteiger partial charge in [0, 0.05) is 14.2 Å². The fourth-order valence-corrected chi connectivity index (χ4v) is 3.41. The lowest BCUT2D eigenvalue weighted by Crippen LogP contribution is -2.38. The van der Waals surface area contributed by atoms with Crippen LogP contribution in [0.4, 0.5) is 0 Å². The number of benzene rings is 1. The van der Waals surface area contributed by atoms with E-state index >= 15 is 0 Å². The second-order valence-corrected chi connectivity index (χ2v) is 6.39. The van der Waals surface area contributed by atoms with Gasteiger partial charge in [-0.15, -0.1) is 0 Å². The quantitative estimate of drug-likeness (QED) is 0.711. The van der Waals surface area contributed by atoms with Crippen molar-refractivity contribution in [2.24, 2.45) is 5.92 Å². The Morgan fingerprint density at radius 3 is 2.42 bits per heavy atom. The molecule has 1 N–H and O–H groups in total. The Labute approximate surface area is 144 Å². The summed E-state index contributed by atoms with van der Waals surface area (Å²) in [5.41, 5.74) is 1.09. The van der Waals surface area contributed by atoms with Gasteiger partial charge in [-0.2, -0.15) is 0 Å². The molecule has 5 nitrogen and oxygen atoms in total. The maximum absolute atomic E-state index is 10.3. The lowest BCUT2D eigenvalue weighted by Gasteiger charge is -2.31. The Morgan fingerprint density at radius 2 is 1.79 bits per heavy atom. The fraction of sp³-hybridized carbons (Fsp3) is 0.684. The first kappa shape index (κ1) is 19.2. The summed E-state index contributed by atoms with van der Waals surface area (Å²) in [6.45, 7) is 0.557. The van der Waals surface area contributed by atoms with Crippen LogP contribution in [-0.2, 0) is 14.2 Å². The van der Waals surface area contributed by atoms with Crippen molar-refractivity contribution >= 4 is 0 Å². The van der Waals surface area contributed by atoms with E-state index in [-0.39, 0.29) is 12.7 Å². The number of methoxy groups -OCH3 is 3. The molecule has 0 aromatic heterocycles. The zero-order valence-electron chi connectivity index (χ0n) is 14.9. The molecule has 0 amide bonds. The molecule has 0 saturated heterocycles. The van der Waals surface area contributed by atoms with Crippen LogP contribution >= 0.6 is 0 Å². The van der Waals surface area contributed by atoms with Crippen molar-refractivity contribution in [3.8, 4) is 5.75 Å². The minimum atomic E-state index is -0.718. The largest absolute Gasteiger partial charge is 0.497 e. The summed E-state index contributed by atoms with van der Waals surface area (Å²) in [7, 11) is 4.86. The molecular weight excluding hydrogens is 308 g/mol. The summed E-state index contributed by atoms with van der Waals surface area (Å²) < 4.78 is 22.0. The zero-order chi connectivity index (χ0) is 17.4. The van der Waals surface area contributed by atoms with Gasteiger partial charge in [0.05, 0.1) is 26.4 Å². The average Bonchev–Trinajstić information content (AvgIpc) is 3.13. The average molecular weight is 338 g/mol. The molecule has 1 aliphatic carbocycles. The Morgan fingerprint density at radius 1 is 1.08 bits per heavy atom.